The molecule has 7 nitrogen and oxygen atoms in total. The predicted molar refractivity (Wildman–Crippen MR) is 139 cm³/mol. The molecule has 1 aromatic heterocycles. The van der Waals surface area contributed by atoms with Crippen LogP contribution in [0.3, 0.4) is 0 Å². The Morgan fingerprint density at radius 3 is 2.23 bits per heavy atom. The highest BCUT2D eigenvalue weighted by atomic mass is 32.2. The Bertz CT molecular complexity index is 1410. The summed E-state index contributed by atoms with van der Waals surface area (Å²) in [5.74, 6) is 0.0159. The number of nitrogens with one attached hydrogen (secondary N) is 1. The third-order valence-electron chi connectivity index (χ3n) is 6.17. The summed E-state index contributed by atoms with van der Waals surface area (Å²) < 4.78 is 0. The first-order valence-corrected chi connectivity index (χ1v) is 12.9. The lowest BCUT2D eigenvalue weighted by molar-refractivity contribution is -0.117. The van der Waals surface area contributed by atoms with Gasteiger partial charge in [-0.05, 0) is 42.8 Å². The van der Waals surface area contributed by atoms with Crippen LogP contribution < -0.4 is 15.1 Å². The summed E-state index contributed by atoms with van der Waals surface area (Å²) in [6, 6.07) is 23.3. The topological polar surface area (TPSA) is 78.4 Å². The molecule has 6 rings (SSSR count). The number of aromatic nitrogens is 2. The lowest BCUT2D eigenvalue weighted by Gasteiger charge is -2.30. The highest BCUT2D eigenvalue weighted by molar-refractivity contribution is 7.99. The van der Waals surface area contributed by atoms with Gasteiger partial charge in [-0.3, -0.25) is 15.0 Å². The molecule has 0 spiro atoms. The standard InChI is InChI=1S/C26H21N5O2S2/c1-16-8-2-3-9-18(16)30-15-17(14-23(30)32)24-28-29-25(35-24)27-26(33)31-19-10-4-6-12-21(19)34-22-13-7-5-11-20(22)31/h2-13,17H,14-15H2,1H3,(H,27,29,33). The van der Waals surface area contributed by atoms with Crippen molar-refractivity contribution in [2.24, 2.45) is 0 Å². The van der Waals surface area contributed by atoms with E-state index >= 15 is 0 Å². The maximum absolute atomic E-state index is 13.4. The maximum Gasteiger partial charge on any atom is 0.332 e. The van der Waals surface area contributed by atoms with Crippen LogP contribution in [-0.4, -0.2) is 28.7 Å². The van der Waals surface area contributed by atoms with Gasteiger partial charge >= 0.3 is 6.03 Å². The van der Waals surface area contributed by atoms with Crippen LogP contribution in [0.4, 0.5) is 27.0 Å². The molecule has 3 amide bonds. The quantitative estimate of drug-likeness (QED) is 0.363. The average Bonchev–Trinajstić information content (AvgIpc) is 3.49. The molecular formula is C26H21N5O2S2. The van der Waals surface area contributed by atoms with Gasteiger partial charge < -0.3 is 4.90 Å². The molecular weight excluding hydrogens is 478 g/mol. The van der Waals surface area contributed by atoms with Crippen LogP contribution in [0.5, 0.6) is 0 Å². The molecule has 0 saturated carbocycles. The Hall–Kier alpha value is -3.69. The number of fused-ring (bicyclic) bond motifs is 2. The fraction of sp³-hybridized carbons (Fsp3) is 0.154. The lowest BCUT2D eigenvalue weighted by Crippen LogP contribution is -2.32. The first-order valence-electron chi connectivity index (χ1n) is 11.2. The number of anilines is 4. The predicted octanol–water partition coefficient (Wildman–Crippen LogP) is 6.20. The number of rotatable bonds is 3. The van der Waals surface area contributed by atoms with E-state index in [0.717, 1.165) is 37.4 Å². The first-order chi connectivity index (χ1) is 17.1. The monoisotopic (exact) mass is 499 g/mol. The molecule has 3 heterocycles. The number of hydrogen-bond donors (Lipinski definition) is 1. The van der Waals surface area contributed by atoms with Crippen LogP contribution in [-0.2, 0) is 4.79 Å². The van der Waals surface area contributed by atoms with Crippen LogP contribution >= 0.6 is 23.1 Å². The van der Waals surface area contributed by atoms with Crippen LogP contribution in [0.15, 0.2) is 82.6 Å². The lowest BCUT2D eigenvalue weighted by atomic mass is 10.1. The van der Waals surface area contributed by atoms with Crippen LogP contribution in [0.1, 0.15) is 22.9 Å². The van der Waals surface area contributed by atoms with Crippen molar-refractivity contribution in [3.63, 3.8) is 0 Å². The van der Waals surface area contributed by atoms with Gasteiger partial charge in [0.2, 0.25) is 11.0 Å². The summed E-state index contributed by atoms with van der Waals surface area (Å²) in [5, 5.41) is 12.6. The third kappa shape index (κ3) is 3.96. The summed E-state index contributed by atoms with van der Waals surface area (Å²) in [7, 11) is 0. The Labute approximate surface area is 210 Å². The van der Waals surface area contributed by atoms with E-state index in [0.29, 0.717) is 18.1 Å². The molecule has 1 unspecified atom stereocenters. The molecule has 1 N–H and O–H groups in total. The maximum atomic E-state index is 13.4. The van der Waals surface area contributed by atoms with Gasteiger partial charge in [0.15, 0.2) is 0 Å². The molecule has 0 bridgehead atoms. The Morgan fingerprint density at radius 2 is 1.54 bits per heavy atom. The SMILES string of the molecule is Cc1ccccc1N1CC(c2nnc(NC(=O)N3c4ccccc4Sc4ccccc43)s2)CC1=O. The largest absolute Gasteiger partial charge is 0.332 e. The fourth-order valence-electron chi connectivity index (χ4n) is 4.49. The van der Waals surface area contributed by atoms with Crippen molar-refractivity contribution in [1.29, 1.82) is 0 Å². The molecule has 1 atom stereocenters. The third-order valence-corrected chi connectivity index (χ3v) is 8.30. The van der Waals surface area contributed by atoms with Crippen molar-refractivity contribution in [3.05, 3.63) is 83.4 Å². The zero-order valence-corrected chi connectivity index (χ0v) is 20.5. The van der Waals surface area contributed by atoms with Crippen molar-refractivity contribution >= 4 is 57.2 Å². The van der Waals surface area contributed by atoms with Gasteiger partial charge in [-0.1, -0.05) is 65.6 Å². The minimum absolute atomic E-state index is 0.0573. The van der Waals surface area contributed by atoms with E-state index in [1.807, 2.05) is 84.6 Å². The van der Waals surface area contributed by atoms with E-state index in [1.165, 1.54) is 11.3 Å². The van der Waals surface area contributed by atoms with E-state index in [9.17, 15) is 9.59 Å². The number of aryl methyl sites for hydroxylation is 1. The number of nitrogens with zero attached hydrogens (tertiary/aromatic N) is 4. The van der Waals surface area contributed by atoms with E-state index in [4.69, 9.17) is 0 Å². The number of amides is 3. The molecule has 1 fully saturated rings. The van der Waals surface area contributed by atoms with Gasteiger partial charge in [0.1, 0.15) is 5.01 Å². The first kappa shape index (κ1) is 21.8. The zero-order valence-electron chi connectivity index (χ0n) is 18.8. The van der Waals surface area contributed by atoms with Crippen molar-refractivity contribution in [2.75, 3.05) is 21.7 Å². The molecule has 174 valence electrons. The van der Waals surface area contributed by atoms with Gasteiger partial charge in [0.25, 0.3) is 0 Å². The zero-order chi connectivity index (χ0) is 23.9. The smallest absolute Gasteiger partial charge is 0.311 e. The molecule has 35 heavy (non-hydrogen) atoms. The van der Waals surface area contributed by atoms with Crippen molar-refractivity contribution in [1.82, 2.24) is 10.2 Å². The molecule has 0 radical (unpaired) electrons. The van der Waals surface area contributed by atoms with Crippen molar-refractivity contribution in [3.8, 4) is 0 Å². The second-order valence-corrected chi connectivity index (χ2v) is 10.5. The number of carbonyl (C=O) groups is 2. The number of para-hydroxylation sites is 3. The van der Waals surface area contributed by atoms with Crippen molar-refractivity contribution in [2.45, 2.75) is 29.1 Å². The van der Waals surface area contributed by atoms with E-state index in [1.54, 1.807) is 16.7 Å². The van der Waals surface area contributed by atoms with Crippen LogP contribution in [0.25, 0.3) is 0 Å². The minimum atomic E-state index is -0.295. The molecule has 2 aliphatic rings. The summed E-state index contributed by atoms with van der Waals surface area (Å²) in [6.45, 7) is 2.56. The average molecular weight is 500 g/mol. The van der Waals surface area contributed by atoms with Gasteiger partial charge in [0.05, 0.1) is 11.4 Å². The van der Waals surface area contributed by atoms with Gasteiger partial charge in [0, 0.05) is 34.4 Å². The molecule has 1 saturated heterocycles. The number of benzene rings is 3. The van der Waals surface area contributed by atoms with E-state index in [2.05, 4.69) is 15.5 Å². The normalized spacial score (nSPS) is 16.7. The Balaban J connectivity index is 1.22. The van der Waals surface area contributed by atoms with Crippen molar-refractivity contribution < 1.29 is 9.59 Å². The second-order valence-electron chi connectivity index (χ2n) is 8.44. The van der Waals surface area contributed by atoms with E-state index in [-0.39, 0.29) is 17.9 Å². The molecule has 3 aromatic carbocycles. The molecule has 9 heteroatoms. The van der Waals surface area contributed by atoms with Crippen LogP contribution in [0, 0.1) is 6.92 Å². The fourth-order valence-corrected chi connectivity index (χ4v) is 6.38. The summed E-state index contributed by atoms with van der Waals surface area (Å²) in [4.78, 5) is 31.7. The van der Waals surface area contributed by atoms with Gasteiger partial charge in [-0.25, -0.2) is 4.79 Å². The van der Waals surface area contributed by atoms with Gasteiger partial charge in [-0.2, -0.15) is 0 Å². The van der Waals surface area contributed by atoms with Crippen LogP contribution in [0.2, 0.25) is 0 Å². The Morgan fingerprint density at radius 1 is 0.914 bits per heavy atom. The summed E-state index contributed by atoms with van der Waals surface area (Å²) in [5.41, 5.74) is 3.65. The molecule has 4 aromatic rings. The molecule has 2 aliphatic heterocycles. The number of carbonyl (C=O) groups excluding carboxylic acids is 2. The van der Waals surface area contributed by atoms with E-state index < -0.39 is 0 Å². The summed E-state index contributed by atoms with van der Waals surface area (Å²) in [6.07, 6.45) is 0.376. The number of urea groups is 1. The Kier molecular flexibility index (Phi) is 5.50. The number of hydrogen-bond acceptors (Lipinski definition) is 6. The highest BCUT2D eigenvalue weighted by Crippen LogP contribution is 2.48. The highest BCUT2D eigenvalue weighted by Gasteiger charge is 2.35. The summed E-state index contributed by atoms with van der Waals surface area (Å²) >= 11 is 2.97. The van der Waals surface area contributed by atoms with Gasteiger partial charge in [-0.15, -0.1) is 10.2 Å². The second kappa shape index (κ2) is 8.83. The molecule has 0 aliphatic carbocycles. The minimum Gasteiger partial charge on any atom is -0.311 e.